The molecule has 2 nitrogen and oxygen atoms in total. The Bertz CT molecular complexity index is 429. The molecule has 1 aromatic carbocycles. The van der Waals surface area contributed by atoms with Gasteiger partial charge in [0, 0.05) is 13.6 Å². The number of halogens is 2. The summed E-state index contributed by atoms with van der Waals surface area (Å²) in [6.07, 6.45) is 0. The first-order chi connectivity index (χ1) is 6.52. The van der Waals surface area contributed by atoms with Crippen LogP contribution in [-0.2, 0) is 6.54 Å². The highest BCUT2D eigenvalue weighted by Crippen LogP contribution is 2.36. The lowest BCUT2D eigenvalue weighted by atomic mass is 10.1. The Morgan fingerprint density at radius 2 is 2.00 bits per heavy atom. The molecule has 0 aliphatic carbocycles. The second-order valence-corrected chi connectivity index (χ2v) is 4.27. The molecule has 1 heterocycles. The zero-order chi connectivity index (χ0) is 10.5. The minimum atomic E-state index is -0.0492. The van der Waals surface area contributed by atoms with E-state index in [0.29, 0.717) is 22.2 Å². The van der Waals surface area contributed by atoms with Gasteiger partial charge in [0.15, 0.2) is 0 Å². The molecule has 1 aromatic rings. The lowest BCUT2D eigenvalue weighted by Crippen LogP contribution is -2.17. The van der Waals surface area contributed by atoms with Gasteiger partial charge in [0.25, 0.3) is 5.91 Å². The number of aryl methyl sites for hydroxylation is 1. The molecule has 1 amide bonds. The summed E-state index contributed by atoms with van der Waals surface area (Å²) in [6, 6.07) is 1.92. The van der Waals surface area contributed by atoms with Crippen molar-refractivity contribution in [2.24, 2.45) is 0 Å². The Balaban J connectivity index is 2.71. The average Bonchev–Trinajstić information content (AvgIpc) is 2.39. The van der Waals surface area contributed by atoms with E-state index in [-0.39, 0.29) is 5.91 Å². The van der Waals surface area contributed by atoms with E-state index >= 15 is 0 Å². The van der Waals surface area contributed by atoms with Crippen LogP contribution >= 0.6 is 23.2 Å². The van der Waals surface area contributed by atoms with Crippen molar-refractivity contribution in [3.8, 4) is 0 Å². The molecule has 0 saturated carbocycles. The van der Waals surface area contributed by atoms with Crippen LogP contribution in [0.3, 0.4) is 0 Å². The number of rotatable bonds is 0. The van der Waals surface area contributed by atoms with Crippen LogP contribution in [0, 0.1) is 6.92 Å². The molecule has 4 heteroatoms. The smallest absolute Gasteiger partial charge is 0.255 e. The molecule has 0 unspecified atom stereocenters. The first-order valence-electron chi connectivity index (χ1n) is 4.25. The van der Waals surface area contributed by atoms with Gasteiger partial charge in [-0.1, -0.05) is 29.3 Å². The van der Waals surface area contributed by atoms with E-state index in [2.05, 4.69) is 0 Å². The van der Waals surface area contributed by atoms with E-state index in [1.807, 2.05) is 13.0 Å². The first-order valence-corrected chi connectivity index (χ1v) is 5.01. The molecule has 0 radical (unpaired) electrons. The highest BCUT2D eigenvalue weighted by atomic mass is 35.5. The first kappa shape index (κ1) is 9.81. The molecule has 1 aliphatic rings. The average molecular weight is 230 g/mol. The van der Waals surface area contributed by atoms with Crippen molar-refractivity contribution >= 4 is 29.1 Å². The zero-order valence-electron chi connectivity index (χ0n) is 7.90. The van der Waals surface area contributed by atoms with E-state index < -0.39 is 0 Å². The van der Waals surface area contributed by atoms with Gasteiger partial charge < -0.3 is 4.90 Å². The third-order valence-corrected chi connectivity index (χ3v) is 3.40. The lowest BCUT2D eigenvalue weighted by Gasteiger charge is -2.05. The fourth-order valence-electron chi connectivity index (χ4n) is 1.69. The summed E-state index contributed by atoms with van der Waals surface area (Å²) in [5.41, 5.74) is 2.44. The number of carbonyl (C=O) groups excluding carboxylic acids is 1. The van der Waals surface area contributed by atoms with Crippen LogP contribution in [0.4, 0.5) is 0 Å². The Hall–Kier alpha value is -0.730. The van der Waals surface area contributed by atoms with Gasteiger partial charge >= 0.3 is 0 Å². The molecule has 74 valence electrons. The summed E-state index contributed by atoms with van der Waals surface area (Å²) in [5, 5.41) is 0.866. The van der Waals surface area contributed by atoms with E-state index in [9.17, 15) is 4.79 Å². The molecule has 0 N–H and O–H groups in total. The predicted octanol–water partition coefficient (Wildman–Crippen LogP) is 2.89. The monoisotopic (exact) mass is 229 g/mol. The van der Waals surface area contributed by atoms with Gasteiger partial charge in [0.2, 0.25) is 0 Å². The quantitative estimate of drug-likeness (QED) is 0.671. The van der Waals surface area contributed by atoms with Gasteiger partial charge in [-0.2, -0.15) is 0 Å². The van der Waals surface area contributed by atoms with Crippen LogP contribution in [-0.4, -0.2) is 17.9 Å². The third kappa shape index (κ3) is 1.22. The van der Waals surface area contributed by atoms with Crippen LogP contribution in [0.1, 0.15) is 21.5 Å². The number of hydrogen-bond donors (Lipinski definition) is 0. The minimum absolute atomic E-state index is 0.0492. The second-order valence-electron chi connectivity index (χ2n) is 3.52. The summed E-state index contributed by atoms with van der Waals surface area (Å²) < 4.78 is 0. The Morgan fingerprint density at radius 1 is 1.36 bits per heavy atom. The molecule has 0 aromatic heterocycles. The van der Waals surface area contributed by atoms with Crippen molar-refractivity contribution in [2.45, 2.75) is 13.5 Å². The number of carbonyl (C=O) groups is 1. The zero-order valence-corrected chi connectivity index (χ0v) is 9.41. The fourth-order valence-corrected chi connectivity index (χ4v) is 2.20. The largest absolute Gasteiger partial charge is 0.337 e. The number of amides is 1. The molecule has 0 bridgehead atoms. The van der Waals surface area contributed by atoms with E-state index in [0.717, 1.165) is 11.1 Å². The molecule has 1 aliphatic heterocycles. The summed E-state index contributed by atoms with van der Waals surface area (Å²) in [6.45, 7) is 2.50. The highest BCUT2D eigenvalue weighted by molar-refractivity contribution is 6.44. The van der Waals surface area contributed by atoms with E-state index in [1.54, 1.807) is 11.9 Å². The van der Waals surface area contributed by atoms with E-state index in [4.69, 9.17) is 23.2 Å². The maximum atomic E-state index is 11.7. The summed E-state index contributed by atoms with van der Waals surface area (Å²) in [7, 11) is 1.75. The maximum absolute atomic E-state index is 11.7. The Kier molecular flexibility index (Phi) is 2.20. The predicted molar refractivity (Wildman–Crippen MR) is 57.0 cm³/mol. The molecule has 0 spiro atoms. The Morgan fingerprint density at radius 3 is 2.64 bits per heavy atom. The molecule has 0 atom stereocenters. The van der Waals surface area contributed by atoms with Crippen molar-refractivity contribution in [1.29, 1.82) is 0 Å². The van der Waals surface area contributed by atoms with Crippen LogP contribution < -0.4 is 0 Å². The number of hydrogen-bond acceptors (Lipinski definition) is 1. The molecule has 0 saturated heterocycles. The molecular formula is C10H9Cl2NO. The van der Waals surface area contributed by atoms with Crippen molar-refractivity contribution in [3.63, 3.8) is 0 Å². The second kappa shape index (κ2) is 3.14. The Labute approximate surface area is 92.4 Å². The topological polar surface area (TPSA) is 20.3 Å². The van der Waals surface area contributed by atoms with Crippen molar-refractivity contribution < 1.29 is 4.79 Å². The van der Waals surface area contributed by atoms with Crippen LogP contribution in [0.5, 0.6) is 0 Å². The van der Waals surface area contributed by atoms with Gasteiger partial charge in [-0.05, 0) is 18.1 Å². The standard InChI is InChI=1S/C10H9Cl2NO/c1-5-3-6-4-13(2)10(14)7(6)9(12)8(5)11/h3H,4H2,1-2H3. The summed E-state index contributed by atoms with van der Waals surface area (Å²) >= 11 is 12.0. The van der Waals surface area contributed by atoms with Crippen molar-refractivity contribution in [2.75, 3.05) is 7.05 Å². The summed E-state index contributed by atoms with van der Waals surface area (Å²) in [4.78, 5) is 13.3. The van der Waals surface area contributed by atoms with Gasteiger partial charge in [0.05, 0.1) is 15.6 Å². The van der Waals surface area contributed by atoms with Crippen LogP contribution in [0.15, 0.2) is 6.07 Å². The number of fused-ring (bicyclic) bond motifs is 1. The van der Waals surface area contributed by atoms with Crippen LogP contribution in [0.25, 0.3) is 0 Å². The third-order valence-electron chi connectivity index (χ3n) is 2.44. The molecule has 14 heavy (non-hydrogen) atoms. The normalized spacial score (nSPS) is 14.9. The maximum Gasteiger partial charge on any atom is 0.255 e. The van der Waals surface area contributed by atoms with Gasteiger partial charge in [0.1, 0.15) is 0 Å². The van der Waals surface area contributed by atoms with Gasteiger partial charge in [-0.15, -0.1) is 0 Å². The van der Waals surface area contributed by atoms with Gasteiger partial charge in [-0.25, -0.2) is 0 Å². The minimum Gasteiger partial charge on any atom is -0.337 e. The van der Waals surface area contributed by atoms with Gasteiger partial charge in [-0.3, -0.25) is 4.79 Å². The fraction of sp³-hybridized carbons (Fsp3) is 0.300. The molecular weight excluding hydrogens is 221 g/mol. The molecule has 0 fully saturated rings. The number of benzene rings is 1. The van der Waals surface area contributed by atoms with Crippen molar-refractivity contribution in [3.05, 3.63) is 32.8 Å². The summed E-state index contributed by atoms with van der Waals surface area (Å²) in [5.74, 6) is -0.0492. The highest BCUT2D eigenvalue weighted by Gasteiger charge is 2.28. The van der Waals surface area contributed by atoms with E-state index in [1.165, 1.54) is 0 Å². The number of nitrogens with zero attached hydrogens (tertiary/aromatic N) is 1. The SMILES string of the molecule is Cc1cc2c(c(Cl)c1Cl)C(=O)N(C)C2. The van der Waals surface area contributed by atoms with Crippen LogP contribution in [0.2, 0.25) is 10.0 Å². The van der Waals surface area contributed by atoms with Crippen molar-refractivity contribution in [1.82, 2.24) is 4.90 Å². The lowest BCUT2D eigenvalue weighted by molar-refractivity contribution is 0.0816. The molecule has 2 rings (SSSR count).